The molecule has 0 fully saturated rings. The van der Waals surface area contributed by atoms with E-state index >= 15 is 0 Å². The molecule has 0 aliphatic heterocycles. The van der Waals surface area contributed by atoms with Crippen LogP contribution in [0.4, 0.5) is 0 Å². The van der Waals surface area contributed by atoms with Gasteiger partial charge in [-0.1, -0.05) is 0 Å². The maximum Gasteiger partial charge on any atom is 0.198 e. The summed E-state index contributed by atoms with van der Waals surface area (Å²) in [5.41, 5.74) is 0. The van der Waals surface area contributed by atoms with E-state index in [1.165, 1.54) is 6.21 Å². The Morgan fingerprint density at radius 1 is 1.50 bits per heavy atom. The Morgan fingerprint density at radius 2 is 2.25 bits per heavy atom. The second-order valence-corrected chi connectivity index (χ2v) is 1.59. The minimum atomic E-state index is 0.522. The van der Waals surface area contributed by atoms with Gasteiger partial charge in [0.1, 0.15) is 0 Å². The number of unbranched alkanes of at least 4 members (excludes halogenated alkanes) is 3. The summed E-state index contributed by atoms with van der Waals surface area (Å²) in [6.45, 7) is 0. The molecule has 0 saturated heterocycles. The quantitative estimate of drug-likeness (QED) is 0.422. The van der Waals surface area contributed by atoms with Crippen molar-refractivity contribution >= 4 is 12.5 Å². The highest BCUT2D eigenvalue weighted by molar-refractivity contribution is 5.53. The van der Waals surface area contributed by atoms with Gasteiger partial charge in [0.05, 0.1) is 0 Å². The van der Waals surface area contributed by atoms with Crippen LogP contribution >= 0.6 is 0 Å². The molecular weight excluding hydrogens is 102 g/mol. The smallest absolute Gasteiger partial charge is 0.198 e. The third-order valence-electron chi connectivity index (χ3n) is 0.877. The maximum atomic E-state index is 9.59. The molecule has 2 nitrogen and oxygen atoms in total. The highest BCUT2D eigenvalue weighted by atomic mass is 16.1. The molecular formula is C6H10NO. The van der Waals surface area contributed by atoms with Gasteiger partial charge in [-0.25, -0.2) is 0 Å². The van der Waals surface area contributed by atoms with Gasteiger partial charge >= 0.3 is 0 Å². The molecule has 0 aromatic heterocycles. The standard InChI is InChI=1S/C6H10NO/c7-5-3-1-2-4-6-8/h5,7H,1-4H2. The van der Waals surface area contributed by atoms with Crippen LogP contribution < -0.4 is 0 Å². The van der Waals surface area contributed by atoms with E-state index in [0.717, 1.165) is 19.3 Å². The zero-order valence-electron chi connectivity index (χ0n) is 4.81. The first-order valence-corrected chi connectivity index (χ1v) is 2.75. The van der Waals surface area contributed by atoms with Crippen molar-refractivity contribution in [1.82, 2.24) is 0 Å². The summed E-state index contributed by atoms with van der Waals surface area (Å²) in [5, 5.41) is 6.61. The Kier molecular flexibility index (Phi) is 5.82. The van der Waals surface area contributed by atoms with E-state index < -0.39 is 0 Å². The molecule has 0 aromatic carbocycles. The second kappa shape index (κ2) is 6.34. The summed E-state index contributed by atoms with van der Waals surface area (Å²) in [6, 6.07) is 0. The van der Waals surface area contributed by atoms with Crippen LogP contribution in [0, 0.1) is 5.41 Å². The Labute approximate surface area is 49.4 Å². The summed E-state index contributed by atoms with van der Waals surface area (Å²) in [4.78, 5) is 9.59. The minimum absolute atomic E-state index is 0.522. The van der Waals surface area contributed by atoms with Crippen LogP contribution in [0.25, 0.3) is 0 Å². The molecule has 0 atom stereocenters. The van der Waals surface area contributed by atoms with Crippen LogP contribution in [0.1, 0.15) is 25.7 Å². The zero-order valence-corrected chi connectivity index (χ0v) is 4.81. The van der Waals surface area contributed by atoms with E-state index in [9.17, 15) is 4.79 Å². The number of nitrogens with one attached hydrogen (secondary N) is 1. The van der Waals surface area contributed by atoms with Gasteiger partial charge in [0.25, 0.3) is 0 Å². The van der Waals surface area contributed by atoms with Crippen molar-refractivity contribution in [3.8, 4) is 0 Å². The molecule has 0 spiro atoms. The van der Waals surface area contributed by atoms with Crippen molar-refractivity contribution < 1.29 is 4.79 Å². The summed E-state index contributed by atoms with van der Waals surface area (Å²) in [7, 11) is 0. The van der Waals surface area contributed by atoms with Crippen LogP contribution in [0.3, 0.4) is 0 Å². The molecule has 0 amide bonds. The summed E-state index contributed by atoms with van der Waals surface area (Å²) in [5.74, 6) is 0. The molecule has 0 rings (SSSR count). The van der Waals surface area contributed by atoms with E-state index in [1.54, 1.807) is 6.29 Å². The van der Waals surface area contributed by atoms with Crippen molar-refractivity contribution in [2.24, 2.45) is 0 Å². The topological polar surface area (TPSA) is 40.9 Å². The first-order valence-electron chi connectivity index (χ1n) is 2.75. The fourth-order valence-corrected chi connectivity index (χ4v) is 0.444. The molecule has 0 bridgehead atoms. The third-order valence-corrected chi connectivity index (χ3v) is 0.877. The van der Waals surface area contributed by atoms with Gasteiger partial charge in [-0.2, -0.15) is 0 Å². The molecule has 0 aromatic rings. The van der Waals surface area contributed by atoms with Gasteiger partial charge < -0.3 is 5.41 Å². The fourth-order valence-electron chi connectivity index (χ4n) is 0.444. The summed E-state index contributed by atoms with van der Waals surface area (Å²) >= 11 is 0. The van der Waals surface area contributed by atoms with Gasteiger partial charge in [0, 0.05) is 6.42 Å². The lowest BCUT2D eigenvalue weighted by molar-refractivity contribution is 0.547. The lowest BCUT2D eigenvalue weighted by Gasteiger charge is -1.86. The summed E-state index contributed by atoms with van der Waals surface area (Å²) in [6.07, 6.45) is 6.30. The van der Waals surface area contributed by atoms with Crippen molar-refractivity contribution in [2.45, 2.75) is 25.7 Å². The largest absolute Gasteiger partial charge is 0.313 e. The van der Waals surface area contributed by atoms with Crippen LogP contribution in [0.15, 0.2) is 0 Å². The summed E-state index contributed by atoms with van der Waals surface area (Å²) < 4.78 is 0. The van der Waals surface area contributed by atoms with Crippen LogP contribution in [-0.4, -0.2) is 12.5 Å². The first kappa shape index (κ1) is 7.34. The molecule has 45 valence electrons. The monoisotopic (exact) mass is 112 g/mol. The Morgan fingerprint density at radius 3 is 2.75 bits per heavy atom. The van der Waals surface area contributed by atoms with E-state index in [1.807, 2.05) is 0 Å². The van der Waals surface area contributed by atoms with E-state index in [2.05, 4.69) is 0 Å². The highest BCUT2D eigenvalue weighted by Gasteiger charge is 1.83. The average molecular weight is 112 g/mol. The molecule has 1 N–H and O–H groups in total. The first-order chi connectivity index (χ1) is 3.91. The van der Waals surface area contributed by atoms with Gasteiger partial charge in [-0.3, -0.25) is 4.79 Å². The number of rotatable bonds is 5. The molecule has 2 heteroatoms. The van der Waals surface area contributed by atoms with E-state index in [4.69, 9.17) is 5.41 Å². The third kappa shape index (κ3) is 5.34. The predicted octanol–water partition coefficient (Wildman–Crippen LogP) is 1.31. The van der Waals surface area contributed by atoms with E-state index in [0.29, 0.717) is 6.42 Å². The molecule has 0 heterocycles. The molecule has 8 heavy (non-hydrogen) atoms. The molecule has 0 aliphatic rings. The maximum absolute atomic E-state index is 9.59. The van der Waals surface area contributed by atoms with Crippen LogP contribution in [0.2, 0.25) is 0 Å². The van der Waals surface area contributed by atoms with Crippen molar-refractivity contribution in [3.05, 3.63) is 0 Å². The Balaban J connectivity index is 2.71. The molecule has 0 unspecified atom stereocenters. The Bertz CT molecular complexity index is 60.9. The van der Waals surface area contributed by atoms with Gasteiger partial charge in [-0.15, -0.1) is 0 Å². The van der Waals surface area contributed by atoms with Crippen LogP contribution in [-0.2, 0) is 4.79 Å². The Hall–Kier alpha value is -0.660. The van der Waals surface area contributed by atoms with E-state index in [-0.39, 0.29) is 0 Å². The lowest BCUT2D eigenvalue weighted by Crippen LogP contribution is -1.77. The zero-order chi connectivity index (χ0) is 6.24. The van der Waals surface area contributed by atoms with Crippen molar-refractivity contribution in [3.63, 3.8) is 0 Å². The number of hydrogen-bond acceptors (Lipinski definition) is 2. The number of carbonyl (C=O) groups excluding carboxylic acids is 1. The normalized spacial score (nSPS) is 8.50. The SMILES string of the molecule is N=CCCCC[C]=O. The lowest BCUT2D eigenvalue weighted by atomic mass is 10.2. The van der Waals surface area contributed by atoms with Crippen LogP contribution in [0.5, 0.6) is 0 Å². The van der Waals surface area contributed by atoms with Crippen molar-refractivity contribution in [1.29, 1.82) is 5.41 Å². The molecule has 0 saturated carbocycles. The fraction of sp³-hybridized carbons (Fsp3) is 0.667. The highest BCUT2D eigenvalue weighted by Crippen LogP contribution is 1.93. The minimum Gasteiger partial charge on any atom is -0.313 e. The molecule has 0 aliphatic carbocycles. The molecule has 1 radical (unpaired) electrons. The van der Waals surface area contributed by atoms with Crippen molar-refractivity contribution in [2.75, 3.05) is 0 Å². The van der Waals surface area contributed by atoms with Gasteiger partial charge in [-0.05, 0) is 25.5 Å². The van der Waals surface area contributed by atoms with Gasteiger partial charge in [0.2, 0.25) is 0 Å². The predicted molar refractivity (Wildman–Crippen MR) is 32.9 cm³/mol. The second-order valence-electron chi connectivity index (χ2n) is 1.59. The average Bonchev–Trinajstić information content (AvgIpc) is 1.81. The number of hydrogen-bond donors (Lipinski definition) is 1. The van der Waals surface area contributed by atoms with Gasteiger partial charge in [0.15, 0.2) is 6.29 Å².